The quantitative estimate of drug-likeness (QED) is 0.671. The second-order valence-corrected chi connectivity index (χ2v) is 3.53. The summed E-state index contributed by atoms with van der Waals surface area (Å²) >= 11 is 0. The summed E-state index contributed by atoms with van der Waals surface area (Å²) < 4.78 is 11.0. The average molecular weight is 184 g/mol. The Morgan fingerprint density at radius 2 is 2.00 bits per heavy atom. The lowest BCUT2D eigenvalue weighted by Crippen LogP contribution is -2.32. The van der Waals surface area contributed by atoms with Crippen molar-refractivity contribution in [3.05, 3.63) is 25.3 Å². The molecule has 0 saturated carbocycles. The van der Waals surface area contributed by atoms with E-state index < -0.39 is 18.0 Å². The molecule has 1 saturated heterocycles. The van der Waals surface area contributed by atoms with E-state index in [0.717, 1.165) is 0 Å². The van der Waals surface area contributed by atoms with Crippen LogP contribution in [0.15, 0.2) is 25.3 Å². The second kappa shape index (κ2) is 3.62. The molecule has 0 radical (unpaired) electrons. The maximum Gasteiger partial charge on any atom is 0.164 e. The van der Waals surface area contributed by atoms with E-state index in [9.17, 15) is 5.11 Å². The van der Waals surface area contributed by atoms with Gasteiger partial charge in [0, 0.05) is 0 Å². The molecule has 1 heterocycles. The first-order valence-corrected chi connectivity index (χ1v) is 4.29. The first-order chi connectivity index (χ1) is 6.00. The molecule has 0 aromatic heterocycles. The molecule has 3 heteroatoms. The van der Waals surface area contributed by atoms with Crippen LogP contribution in [0.1, 0.15) is 13.8 Å². The molecule has 0 aromatic rings. The van der Waals surface area contributed by atoms with E-state index in [1.807, 2.05) is 0 Å². The zero-order valence-corrected chi connectivity index (χ0v) is 8.06. The first-order valence-electron chi connectivity index (χ1n) is 4.29. The molecule has 0 bridgehead atoms. The summed E-state index contributed by atoms with van der Waals surface area (Å²) in [6.07, 6.45) is 1.68. The topological polar surface area (TPSA) is 38.7 Å². The lowest BCUT2D eigenvalue weighted by molar-refractivity contribution is -0.150. The van der Waals surface area contributed by atoms with Crippen LogP contribution in [0.3, 0.4) is 0 Å². The number of rotatable bonds is 3. The summed E-state index contributed by atoms with van der Waals surface area (Å²) in [4.78, 5) is 0. The van der Waals surface area contributed by atoms with Crippen molar-refractivity contribution in [1.82, 2.24) is 0 Å². The standard InChI is InChI=1S/C10H16O3/c1-5-7(11)9-8(6-2)12-10(3,4)13-9/h5-9,11H,1-2H2,3-4H3/t7?,8-,9+/m0/s1. The number of aliphatic hydroxyl groups excluding tert-OH is 1. The number of hydrogen-bond donors (Lipinski definition) is 1. The first kappa shape index (κ1) is 10.4. The predicted octanol–water partition coefficient (Wildman–Crippen LogP) is 1.24. The Hall–Kier alpha value is -0.640. The minimum Gasteiger partial charge on any atom is -0.386 e. The Morgan fingerprint density at radius 3 is 2.46 bits per heavy atom. The largest absolute Gasteiger partial charge is 0.386 e. The number of hydrogen-bond acceptors (Lipinski definition) is 3. The third-order valence-corrected chi connectivity index (χ3v) is 1.97. The van der Waals surface area contributed by atoms with Gasteiger partial charge in [-0.25, -0.2) is 0 Å². The van der Waals surface area contributed by atoms with Crippen molar-refractivity contribution in [2.45, 2.75) is 37.9 Å². The lowest BCUT2D eigenvalue weighted by atomic mass is 10.1. The summed E-state index contributed by atoms with van der Waals surface area (Å²) in [5.41, 5.74) is 0. The Kier molecular flexibility index (Phi) is 2.91. The molecular formula is C10H16O3. The van der Waals surface area contributed by atoms with Crippen LogP contribution in [0.4, 0.5) is 0 Å². The molecule has 1 unspecified atom stereocenters. The van der Waals surface area contributed by atoms with Gasteiger partial charge in [-0.15, -0.1) is 13.2 Å². The minimum absolute atomic E-state index is 0.275. The van der Waals surface area contributed by atoms with E-state index in [1.54, 1.807) is 19.9 Å². The summed E-state index contributed by atoms with van der Waals surface area (Å²) in [5.74, 6) is -0.659. The Labute approximate surface area is 78.7 Å². The third kappa shape index (κ3) is 2.18. The van der Waals surface area contributed by atoms with E-state index in [4.69, 9.17) is 9.47 Å². The molecule has 1 aliphatic heterocycles. The van der Waals surface area contributed by atoms with Gasteiger partial charge < -0.3 is 14.6 Å². The van der Waals surface area contributed by atoms with Crippen molar-refractivity contribution in [2.24, 2.45) is 0 Å². The Balaban J connectivity index is 2.74. The van der Waals surface area contributed by atoms with Crippen LogP contribution in [-0.4, -0.2) is 29.2 Å². The van der Waals surface area contributed by atoms with Crippen molar-refractivity contribution in [3.63, 3.8) is 0 Å². The maximum atomic E-state index is 9.52. The van der Waals surface area contributed by atoms with Crippen molar-refractivity contribution >= 4 is 0 Å². The molecular weight excluding hydrogens is 168 g/mol. The molecule has 3 atom stereocenters. The summed E-state index contributed by atoms with van der Waals surface area (Å²) in [6.45, 7) is 10.7. The molecule has 1 N–H and O–H groups in total. The van der Waals surface area contributed by atoms with Gasteiger partial charge >= 0.3 is 0 Å². The van der Waals surface area contributed by atoms with Crippen LogP contribution in [0, 0.1) is 0 Å². The van der Waals surface area contributed by atoms with Crippen LogP contribution in [0.2, 0.25) is 0 Å². The van der Waals surface area contributed by atoms with Crippen molar-refractivity contribution < 1.29 is 14.6 Å². The van der Waals surface area contributed by atoms with Gasteiger partial charge in [-0.3, -0.25) is 0 Å². The van der Waals surface area contributed by atoms with Crippen molar-refractivity contribution in [2.75, 3.05) is 0 Å². The fraction of sp³-hybridized carbons (Fsp3) is 0.600. The highest BCUT2D eigenvalue weighted by Crippen LogP contribution is 2.30. The smallest absolute Gasteiger partial charge is 0.164 e. The van der Waals surface area contributed by atoms with Crippen LogP contribution in [0.5, 0.6) is 0 Å². The lowest BCUT2D eigenvalue weighted by Gasteiger charge is -2.18. The highest BCUT2D eigenvalue weighted by Gasteiger charge is 2.42. The van der Waals surface area contributed by atoms with Gasteiger partial charge in [0.05, 0.1) is 0 Å². The van der Waals surface area contributed by atoms with E-state index in [1.165, 1.54) is 6.08 Å². The highest BCUT2D eigenvalue weighted by molar-refractivity contribution is 5.00. The molecule has 3 nitrogen and oxygen atoms in total. The monoisotopic (exact) mass is 184 g/mol. The van der Waals surface area contributed by atoms with Crippen molar-refractivity contribution in [1.29, 1.82) is 0 Å². The summed E-state index contributed by atoms with van der Waals surface area (Å²) in [7, 11) is 0. The summed E-state index contributed by atoms with van der Waals surface area (Å²) in [5, 5.41) is 9.52. The molecule has 0 amide bonds. The van der Waals surface area contributed by atoms with E-state index in [-0.39, 0.29) is 6.10 Å². The van der Waals surface area contributed by atoms with Gasteiger partial charge in [-0.05, 0) is 13.8 Å². The van der Waals surface area contributed by atoms with Crippen molar-refractivity contribution in [3.8, 4) is 0 Å². The summed E-state index contributed by atoms with van der Waals surface area (Å²) in [6, 6.07) is 0. The van der Waals surface area contributed by atoms with Crippen LogP contribution >= 0.6 is 0 Å². The number of aliphatic hydroxyl groups is 1. The maximum absolute atomic E-state index is 9.52. The van der Waals surface area contributed by atoms with E-state index in [2.05, 4.69) is 13.2 Å². The third-order valence-electron chi connectivity index (χ3n) is 1.97. The number of ether oxygens (including phenoxy) is 2. The molecule has 0 aliphatic carbocycles. The molecule has 74 valence electrons. The van der Waals surface area contributed by atoms with Gasteiger partial charge in [0.15, 0.2) is 5.79 Å². The Bertz CT molecular complexity index is 210. The fourth-order valence-electron chi connectivity index (χ4n) is 1.40. The normalized spacial score (nSPS) is 34.1. The van der Waals surface area contributed by atoms with Gasteiger partial charge in [0.1, 0.15) is 18.3 Å². The highest BCUT2D eigenvalue weighted by atomic mass is 16.8. The Morgan fingerprint density at radius 1 is 1.38 bits per heavy atom. The molecule has 1 rings (SSSR count). The minimum atomic E-state index is -0.718. The fourth-order valence-corrected chi connectivity index (χ4v) is 1.40. The van der Waals surface area contributed by atoms with Gasteiger partial charge in [0.2, 0.25) is 0 Å². The van der Waals surface area contributed by atoms with Gasteiger partial charge in [0.25, 0.3) is 0 Å². The van der Waals surface area contributed by atoms with Gasteiger partial charge in [-0.2, -0.15) is 0 Å². The average Bonchev–Trinajstić information content (AvgIpc) is 2.39. The zero-order valence-electron chi connectivity index (χ0n) is 8.06. The molecule has 0 aromatic carbocycles. The second-order valence-electron chi connectivity index (χ2n) is 3.53. The molecule has 1 fully saturated rings. The van der Waals surface area contributed by atoms with E-state index >= 15 is 0 Å². The van der Waals surface area contributed by atoms with Crippen LogP contribution in [0.25, 0.3) is 0 Å². The predicted molar refractivity (Wildman–Crippen MR) is 50.2 cm³/mol. The zero-order chi connectivity index (χ0) is 10.1. The van der Waals surface area contributed by atoms with Crippen LogP contribution in [-0.2, 0) is 9.47 Å². The van der Waals surface area contributed by atoms with Crippen LogP contribution < -0.4 is 0 Å². The molecule has 1 aliphatic rings. The van der Waals surface area contributed by atoms with E-state index in [0.29, 0.717) is 0 Å². The SMILES string of the molecule is C=CC(O)[C@H]1OC(C)(C)O[C@H]1C=C. The molecule has 13 heavy (non-hydrogen) atoms. The molecule has 0 spiro atoms. The van der Waals surface area contributed by atoms with Gasteiger partial charge in [-0.1, -0.05) is 12.2 Å².